The standard InChI is InChI=1S/C17H26N4O3/c22-13-10-19-17(24)15-9-14(20-21(15)11-13)16(23)18-8-7-12-5-3-1-2-4-6-12/h9,12-13,22H,1-8,10-11H2,(H,18,23)(H,19,24)/t13-/m1/s1. The highest BCUT2D eigenvalue weighted by molar-refractivity contribution is 5.98. The summed E-state index contributed by atoms with van der Waals surface area (Å²) in [6, 6.07) is 1.49. The Bertz CT molecular complexity index is 591. The lowest BCUT2D eigenvalue weighted by molar-refractivity contribution is 0.0931. The largest absolute Gasteiger partial charge is 0.389 e. The number of fused-ring (bicyclic) bond motifs is 1. The van der Waals surface area contributed by atoms with Crippen molar-refractivity contribution < 1.29 is 14.7 Å². The second-order valence-corrected chi connectivity index (χ2v) is 6.86. The highest BCUT2D eigenvalue weighted by atomic mass is 16.3. The van der Waals surface area contributed by atoms with E-state index in [1.165, 1.54) is 49.3 Å². The number of nitrogens with zero attached hydrogens (tertiary/aromatic N) is 2. The number of nitrogens with one attached hydrogen (secondary N) is 2. The van der Waals surface area contributed by atoms with Gasteiger partial charge in [0.1, 0.15) is 5.69 Å². The minimum absolute atomic E-state index is 0.200. The molecule has 3 N–H and O–H groups in total. The van der Waals surface area contributed by atoms with Crippen molar-refractivity contribution in [2.24, 2.45) is 5.92 Å². The summed E-state index contributed by atoms with van der Waals surface area (Å²) in [4.78, 5) is 24.2. The van der Waals surface area contributed by atoms with Gasteiger partial charge < -0.3 is 15.7 Å². The first-order valence-electron chi connectivity index (χ1n) is 8.96. The topological polar surface area (TPSA) is 96.2 Å². The fraction of sp³-hybridized carbons (Fsp3) is 0.706. The van der Waals surface area contributed by atoms with Gasteiger partial charge >= 0.3 is 0 Å². The minimum atomic E-state index is -0.693. The number of carbonyl (C=O) groups excluding carboxylic acids is 2. The van der Waals surface area contributed by atoms with Gasteiger partial charge in [0.25, 0.3) is 11.8 Å². The number of amides is 2. The first-order valence-corrected chi connectivity index (χ1v) is 8.96. The summed E-state index contributed by atoms with van der Waals surface area (Å²) in [5.74, 6) is 0.135. The number of carbonyl (C=O) groups is 2. The quantitative estimate of drug-likeness (QED) is 0.718. The molecule has 7 nitrogen and oxygen atoms in total. The van der Waals surface area contributed by atoms with Crippen molar-refractivity contribution in [1.82, 2.24) is 20.4 Å². The Balaban J connectivity index is 1.54. The highest BCUT2D eigenvalue weighted by Gasteiger charge is 2.24. The van der Waals surface area contributed by atoms with Crippen molar-refractivity contribution >= 4 is 11.8 Å². The van der Waals surface area contributed by atoms with E-state index in [9.17, 15) is 14.7 Å². The van der Waals surface area contributed by atoms with Crippen LogP contribution in [-0.2, 0) is 6.54 Å². The molecule has 0 unspecified atom stereocenters. The normalized spacial score (nSPS) is 22.2. The highest BCUT2D eigenvalue weighted by Crippen LogP contribution is 2.24. The Morgan fingerprint density at radius 3 is 2.83 bits per heavy atom. The second-order valence-electron chi connectivity index (χ2n) is 6.86. The molecule has 7 heteroatoms. The minimum Gasteiger partial charge on any atom is -0.389 e. The molecule has 0 bridgehead atoms. The van der Waals surface area contributed by atoms with Gasteiger partial charge in [0, 0.05) is 19.2 Å². The van der Waals surface area contributed by atoms with Crippen LogP contribution >= 0.6 is 0 Å². The smallest absolute Gasteiger partial charge is 0.271 e. The van der Waals surface area contributed by atoms with E-state index in [0.717, 1.165) is 6.42 Å². The van der Waals surface area contributed by atoms with Crippen molar-refractivity contribution in [1.29, 1.82) is 0 Å². The third kappa shape index (κ3) is 4.14. The third-order valence-electron chi connectivity index (χ3n) is 4.94. The van der Waals surface area contributed by atoms with E-state index in [-0.39, 0.29) is 30.6 Å². The SMILES string of the molecule is O=C(NCCC1CCCCCC1)c1cc2n(n1)C[C@H](O)CNC2=O. The lowest BCUT2D eigenvalue weighted by atomic mass is 9.97. The van der Waals surface area contributed by atoms with Crippen LogP contribution in [0.25, 0.3) is 0 Å². The molecule has 1 saturated carbocycles. The Labute approximate surface area is 141 Å². The number of hydrogen-bond acceptors (Lipinski definition) is 4. The number of hydrogen-bond donors (Lipinski definition) is 3. The van der Waals surface area contributed by atoms with Crippen molar-refractivity contribution in [3.8, 4) is 0 Å². The third-order valence-corrected chi connectivity index (χ3v) is 4.94. The number of aliphatic hydroxyl groups is 1. The molecule has 1 aliphatic carbocycles. The number of rotatable bonds is 4. The molecule has 2 heterocycles. The number of aromatic nitrogens is 2. The lowest BCUT2D eigenvalue weighted by Crippen LogP contribution is -2.30. The van der Waals surface area contributed by atoms with Crippen LogP contribution in [0.15, 0.2) is 6.07 Å². The van der Waals surface area contributed by atoms with E-state index in [2.05, 4.69) is 15.7 Å². The monoisotopic (exact) mass is 334 g/mol. The zero-order valence-electron chi connectivity index (χ0n) is 14.0. The number of aliphatic hydroxyl groups excluding tert-OH is 1. The average Bonchev–Trinajstić information content (AvgIpc) is 2.73. The van der Waals surface area contributed by atoms with E-state index in [0.29, 0.717) is 18.2 Å². The van der Waals surface area contributed by atoms with Crippen LogP contribution in [0.5, 0.6) is 0 Å². The molecule has 1 atom stereocenters. The molecule has 0 saturated heterocycles. The Morgan fingerprint density at radius 1 is 1.33 bits per heavy atom. The molecule has 2 amide bonds. The summed E-state index contributed by atoms with van der Waals surface area (Å²) in [7, 11) is 0. The molecular formula is C17H26N4O3. The van der Waals surface area contributed by atoms with Gasteiger partial charge in [0.2, 0.25) is 0 Å². The van der Waals surface area contributed by atoms with Gasteiger partial charge in [-0.1, -0.05) is 38.5 Å². The van der Waals surface area contributed by atoms with Crippen LogP contribution in [0.1, 0.15) is 65.9 Å². The summed E-state index contributed by atoms with van der Waals surface area (Å²) >= 11 is 0. The lowest BCUT2D eigenvalue weighted by Gasteiger charge is -2.13. The maximum absolute atomic E-state index is 12.3. The van der Waals surface area contributed by atoms with Gasteiger partial charge in [-0.05, 0) is 12.3 Å². The summed E-state index contributed by atoms with van der Waals surface area (Å²) in [5.41, 5.74) is 0.551. The van der Waals surface area contributed by atoms with Gasteiger partial charge in [-0.3, -0.25) is 14.3 Å². The molecule has 0 aromatic carbocycles. The van der Waals surface area contributed by atoms with Crippen molar-refractivity contribution in [2.75, 3.05) is 13.1 Å². The van der Waals surface area contributed by atoms with E-state index >= 15 is 0 Å². The van der Waals surface area contributed by atoms with Gasteiger partial charge in [-0.25, -0.2) is 0 Å². The molecule has 1 aromatic rings. The first-order chi connectivity index (χ1) is 11.6. The Morgan fingerprint density at radius 2 is 2.08 bits per heavy atom. The zero-order valence-corrected chi connectivity index (χ0v) is 14.0. The zero-order chi connectivity index (χ0) is 16.9. The van der Waals surface area contributed by atoms with E-state index in [1.807, 2.05) is 0 Å². The molecule has 24 heavy (non-hydrogen) atoms. The van der Waals surface area contributed by atoms with Crippen LogP contribution in [0.2, 0.25) is 0 Å². The Hall–Kier alpha value is -1.89. The van der Waals surface area contributed by atoms with Crippen LogP contribution in [0.4, 0.5) is 0 Å². The molecular weight excluding hydrogens is 308 g/mol. The predicted molar refractivity (Wildman–Crippen MR) is 88.7 cm³/mol. The summed E-state index contributed by atoms with van der Waals surface area (Å²) in [6.45, 7) is 1.05. The van der Waals surface area contributed by atoms with Crippen molar-refractivity contribution in [3.05, 3.63) is 17.5 Å². The average molecular weight is 334 g/mol. The molecule has 1 aliphatic heterocycles. The molecule has 3 rings (SSSR count). The summed E-state index contributed by atoms with van der Waals surface area (Å²) < 4.78 is 1.41. The van der Waals surface area contributed by atoms with Gasteiger partial charge in [-0.2, -0.15) is 5.10 Å². The van der Waals surface area contributed by atoms with Crippen LogP contribution in [-0.4, -0.2) is 45.9 Å². The molecule has 1 fully saturated rings. The maximum atomic E-state index is 12.3. The second kappa shape index (κ2) is 7.79. The molecule has 0 radical (unpaired) electrons. The van der Waals surface area contributed by atoms with Crippen LogP contribution < -0.4 is 10.6 Å². The van der Waals surface area contributed by atoms with Gasteiger partial charge in [0.15, 0.2) is 5.69 Å². The van der Waals surface area contributed by atoms with E-state index in [4.69, 9.17) is 0 Å². The van der Waals surface area contributed by atoms with Gasteiger partial charge in [0.05, 0.1) is 12.6 Å². The fourth-order valence-electron chi connectivity index (χ4n) is 3.55. The molecule has 1 aromatic heterocycles. The van der Waals surface area contributed by atoms with Crippen molar-refractivity contribution in [3.63, 3.8) is 0 Å². The summed E-state index contributed by atoms with van der Waals surface area (Å²) in [6.07, 6.45) is 8.07. The molecule has 132 valence electrons. The first kappa shape index (κ1) is 17.0. The van der Waals surface area contributed by atoms with E-state index < -0.39 is 6.10 Å². The molecule has 2 aliphatic rings. The fourth-order valence-corrected chi connectivity index (χ4v) is 3.55. The van der Waals surface area contributed by atoms with E-state index in [1.54, 1.807) is 0 Å². The summed E-state index contributed by atoms with van der Waals surface area (Å²) in [5, 5.41) is 19.4. The Kier molecular flexibility index (Phi) is 5.50. The van der Waals surface area contributed by atoms with Crippen LogP contribution in [0.3, 0.4) is 0 Å². The van der Waals surface area contributed by atoms with Gasteiger partial charge in [-0.15, -0.1) is 0 Å². The van der Waals surface area contributed by atoms with Crippen LogP contribution in [0, 0.1) is 5.92 Å². The maximum Gasteiger partial charge on any atom is 0.271 e. The molecule has 0 spiro atoms. The number of β-amino-alcohol motifs (C(OH)–C–C–N with tert-alkyl or cyclic N) is 1. The van der Waals surface area contributed by atoms with Crippen molar-refractivity contribution in [2.45, 2.75) is 57.6 Å². The predicted octanol–water partition coefficient (Wildman–Crippen LogP) is 1.08.